The quantitative estimate of drug-likeness (QED) is 0.0852. The van der Waals surface area contributed by atoms with Crippen LogP contribution in [0.3, 0.4) is 0 Å². The van der Waals surface area contributed by atoms with Gasteiger partial charge < -0.3 is 4.74 Å². The Kier molecular flexibility index (Phi) is 18.7. The monoisotopic (exact) mass is 480 g/mol. The molecule has 0 aliphatic carbocycles. The molecule has 0 spiro atoms. The summed E-state index contributed by atoms with van der Waals surface area (Å²) >= 11 is 2.48. The molecule has 0 bridgehead atoms. The van der Waals surface area contributed by atoms with Crippen LogP contribution < -0.4 is 0 Å². The minimum Gasteiger partial charge on any atom is -0.460 e. The molecule has 0 rings (SSSR count). The third-order valence-corrected chi connectivity index (χ3v) is 5.45. The fourth-order valence-corrected chi connectivity index (χ4v) is 3.77. The van der Waals surface area contributed by atoms with Crippen LogP contribution in [0.1, 0.15) is 130 Å². The van der Waals surface area contributed by atoms with Gasteiger partial charge in [0.1, 0.15) is 5.60 Å². The number of carbonyl (C=O) groups excluding carboxylic acids is 1. The maximum Gasteiger partial charge on any atom is 0.306 e. The average Bonchev–Trinajstić information content (AvgIpc) is 2.56. The minimum atomic E-state index is -0.342. The van der Waals surface area contributed by atoms with Crippen molar-refractivity contribution in [2.24, 2.45) is 0 Å². The number of hydrogen-bond donors (Lipinski definition) is 0. The molecule has 2 nitrogen and oxygen atoms in total. The van der Waals surface area contributed by atoms with E-state index in [1.54, 1.807) is 0 Å². The van der Waals surface area contributed by atoms with Crippen LogP contribution in [-0.2, 0) is 9.53 Å². The molecule has 0 aromatic heterocycles. The fraction of sp³-hybridized carbons (Fsp3) is 0.957. The second kappa shape index (κ2) is 18.6. The summed E-state index contributed by atoms with van der Waals surface area (Å²) in [7, 11) is 0. The Morgan fingerprint density at radius 2 is 0.923 bits per heavy atom. The van der Waals surface area contributed by atoms with Crippen molar-refractivity contribution in [2.45, 2.75) is 136 Å². The van der Waals surface area contributed by atoms with Crippen molar-refractivity contribution in [1.29, 1.82) is 0 Å². The number of carbonyl (C=O) groups is 1. The summed E-state index contributed by atoms with van der Waals surface area (Å²) < 4.78 is 6.65. The van der Waals surface area contributed by atoms with Gasteiger partial charge in [0.15, 0.2) is 0 Å². The standard InChI is InChI=1S/C23H45IO2/c1-23(2,3)26-22(25)20-18-16-14-12-10-8-6-4-5-7-9-11-13-15-17-19-21-24/h4-21H2,1-3H3. The highest BCUT2D eigenvalue weighted by Crippen LogP contribution is 2.15. The number of alkyl halides is 1. The van der Waals surface area contributed by atoms with E-state index >= 15 is 0 Å². The smallest absolute Gasteiger partial charge is 0.306 e. The van der Waals surface area contributed by atoms with E-state index in [-0.39, 0.29) is 11.6 Å². The van der Waals surface area contributed by atoms with Gasteiger partial charge in [-0.25, -0.2) is 0 Å². The molecule has 0 aromatic carbocycles. The van der Waals surface area contributed by atoms with Crippen molar-refractivity contribution in [2.75, 3.05) is 4.43 Å². The van der Waals surface area contributed by atoms with Crippen molar-refractivity contribution in [3.05, 3.63) is 0 Å². The first-order valence-electron chi connectivity index (χ1n) is 11.2. The number of esters is 1. The zero-order valence-corrected chi connectivity index (χ0v) is 20.1. The van der Waals surface area contributed by atoms with Gasteiger partial charge in [-0.2, -0.15) is 0 Å². The number of ether oxygens (including phenoxy) is 1. The molecule has 0 unspecified atom stereocenters. The Morgan fingerprint density at radius 3 is 1.23 bits per heavy atom. The van der Waals surface area contributed by atoms with E-state index in [0.29, 0.717) is 6.42 Å². The Labute approximate surface area is 177 Å². The Bertz CT molecular complexity index is 310. The molecule has 0 atom stereocenters. The summed E-state index contributed by atoms with van der Waals surface area (Å²) in [4.78, 5) is 11.6. The zero-order valence-electron chi connectivity index (χ0n) is 17.9. The van der Waals surface area contributed by atoms with Crippen molar-refractivity contribution >= 4 is 28.6 Å². The molecule has 0 fully saturated rings. The van der Waals surface area contributed by atoms with Crippen LogP contribution in [-0.4, -0.2) is 16.0 Å². The van der Waals surface area contributed by atoms with Crippen LogP contribution in [0.25, 0.3) is 0 Å². The third kappa shape index (κ3) is 22.2. The number of unbranched alkanes of at least 4 members (excludes halogenated alkanes) is 15. The van der Waals surface area contributed by atoms with Crippen molar-refractivity contribution in [3.63, 3.8) is 0 Å². The second-order valence-electron chi connectivity index (χ2n) is 8.68. The first kappa shape index (κ1) is 26.2. The summed E-state index contributed by atoms with van der Waals surface area (Å²) in [5.41, 5.74) is -0.342. The van der Waals surface area contributed by atoms with E-state index in [9.17, 15) is 4.79 Å². The van der Waals surface area contributed by atoms with Crippen LogP contribution in [0.2, 0.25) is 0 Å². The third-order valence-electron chi connectivity index (χ3n) is 4.68. The van der Waals surface area contributed by atoms with Crippen LogP contribution >= 0.6 is 22.6 Å². The Morgan fingerprint density at radius 1 is 0.615 bits per heavy atom. The molecule has 0 amide bonds. The maximum absolute atomic E-state index is 11.6. The van der Waals surface area contributed by atoms with Gasteiger partial charge in [-0.1, -0.05) is 112 Å². The molecule has 0 aliphatic rings. The predicted molar refractivity (Wildman–Crippen MR) is 123 cm³/mol. The Balaban J connectivity index is 3.12. The molecule has 0 aromatic rings. The Hall–Kier alpha value is 0.200. The van der Waals surface area contributed by atoms with Crippen LogP contribution in [0, 0.1) is 0 Å². The van der Waals surface area contributed by atoms with Gasteiger partial charge in [0.05, 0.1) is 0 Å². The maximum atomic E-state index is 11.6. The van der Waals surface area contributed by atoms with Gasteiger partial charge in [-0.3, -0.25) is 4.79 Å². The minimum absolute atomic E-state index is 0.0434. The lowest BCUT2D eigenvalue weighted by Crippen LogP contribution is -2.23. The topological polar surface area (TPSA) is 26.3 Å². The molecule has 0 aliphatic heterocycles. The summed E-state index contributed by atoms with van der Waals surface area (Å²) in [5, 5.41) is 0. The van der Waals surface area contributed by atoms with Gasteiger partial charge in [0, 0.05) is 6.42 Å². The molecule has 0 saturated heterocycles. The van der Waals surface area contributed by atoms with Gasteiger partial charge in [-0.15, -0.1) is 0 Å². The summed E-state index contributed by atoms with van der Waals surface area (Å²) in [6.45, 7) is 5.79. The highest BCUT2D eigenvalue weighted by molar-refractivity contribution is 14.1. The van der Waals surface area contributed by atoms with Crippen molar-refractivity contribution in [1.82, 2.24) is 0 Å². The zero-order chi connectivity index (χ0) is 19.5. The van der Waals surface area contributed by atoms with Gasteiger partial charge >= 0.3 is 5.97 Å². The number of halogens is 1. The van der Waals surface area contributed by atoms with Crippen LogP contribution in [0.5, 0.6) is 0 Å². The SMILES string of the molecule is CC(C)(C)OC(=O)CCCCCCCCCCCCCCCCCCI. The van der Waals surface area contributed by atoms with E-state index < -0.39 is 0 Å². The molecule has 3 heteroatoms. The summed E-state index contributed by atoms with van der Waals surface area (Å²) in [6, 6.07) is 0. The second-order valence-corrected chi connectivity index (χ2v) is 9.76. The molecule has 26 heavy (non-hydrogen) atoms. The van der Waals surface area contributed by atoms with E-state index in [2.05, 4.69) is 22.6 Å². The molecular weight excluding hydrogens is 435 g/mol. The van der Waals surface area contributed by atoms with E-state index in [4.69, 9.17) is 4.74 Å². The number of rotatable bonds is 18. The molecule has 0 saturated carbocycles. The lowest BCUT2D eigenvalue weighted by molar-refractivity contribution is -0.154. The molecule has 0 radical (unpaired) electrons. The van der Waals surface area contributed by atoms with Crippen molar-refractivity contribution in [3.8, 4) is 0 Å². The van der Waals surface area contributed by atoms with Crippen LogP contribution in [0.4, 0.5) is 0 Å². The first-order valence-corrected chi connectivity index (χ1v) is 12.8. The summed E-state index contributed by atoms with van der Waals surface area (Å²) in [6.07, 6.45) is 22.4. The predicted octanol–water partition coefficient (Wildman–Crippen LogP) is 8.39. The molecule has 0 N–H and O–H groups in total. The molecular formula is C23H45IO2. The van der Waals surface area contributed by atoms with E-state index in [0.717, 1.165) is 12.8 Å². The van der Waals surface area contributed by atoms with E-state index in [1.807, 2.05) is 20.8 Å². The molecule has 0 heterocycles. The highest BCUT2D eigenvalue weighted by atomic mass is 127. The first-order chi connectivity index (χ1) is 12.5. The summed E-state index contributed by atoms with van der Waals surface area (Å²) in [5.74, 6) is -0.0434. The highest BCUT2D eigenvalue weighted by Gasteiger charge is 2.15. The molecule has 156 valence electrons. The largest absolute Gasteiger partial charge is 0.460 e. The van der Waals surface area contributed by atoms with Gasteiger partial charge in [-0.05, 0) is 38.0 Å². The lowest BCUT2D eigenvalue weighted by Gasteiger charge is -2.19. The average molecular weight is 481 g/mol. The van der Waals surface area contributed by atoms with Crippen molar-refractivity contribution < 1.29 is 9.53 Å². The fourth-order valence-electron chi connectivity index (χ4n) is 3.23. The normalized spacial score (nSPS) is 11.7. The lowest BCUT2D eigenvalue weighted by atomic mass is 10.0. The number of hydrogen-bond acceptors (Lipinski definition) is 2. The van der Waals surface area contributed by atoms with Gasteiger partial charge in [0.25, 0.3) is 0 Å². The van der Waals surface area contributed by atoms with Crippen LogP contribution in [0.15, 0.2) is 0 Å². The van der Waals surface area contributed by atoms with Gasteiger partial charge in [0.2, 0.25) is 0 Å². The van der Waals surface area contributed by atoms with E-state index in [1.165, 1.54) is 94.3 Å².